The van der Waals surface area contributed by atoms with Gasteiger partial charge in [-0.1, -0.05) is 24.3 Å². The normalized spacial score (nSPS) is 14.2. The summed E-state index contributed by atoms with van der Waals surface area (Å²) in [6, 6.07) is 6.89. The van der Waals surface area contributed by atoms with E-state index in [-0.39, 0.29) is 42.6 Å². The molecule has 0 saturated heterocycles. The fourth-order valence-electron chi connectivity index (χ4n) is 1.45. The van der Waals surface area contributed by atoms with Gasteiger partial charge in [0.2, 0.25) is 0 Å². The zero-order valence-electron chi connectivity index (χ0n) is 9.20. The number of hydrogen-bond acceptors (Lipinski definition) is 2. The maximum absolute atomic E-state index is 11.5. The summed E-state index contributed by atoms with van der Waals surface area (Å²) in [4.78, 5) is 23.0. The van der Waals surface area contributed by atoms with Gasteiger partial charge in [0, 0.05) is 16.7 Å². The number of rotatable bonds is 0. The van der Waals surface area contributed by atoms with E-state index in [1.165, 1.54) is 6.08 Å². The minimum absolute atomic E-state index is 0. The third-order valence-corrected chi connectivity index (χ3v) is 2.14. The van der Waals surface area contributed by atoms with Gasteiger partial charge in [-0.2, -0.15) is 0 Å². The third kappa shape index (κ3) is 1.73. The standard InChI is InChI=1S/C11H8O2.Na.H/c1-7-6-10(12)8-4-2-3-5-9(8)11(7)13;;/h2-6H,1H3;;/q;+1;-1. The maximum Gasteiger partial charge on any atom is 1.00 e. The molecular formula is C11H9NaO2. The van der Waals surface area contributed by atoms with Gasteiger partial charge in [0.05, 0.1) is 0 Å². The van der Waals surface area contributed by atoms with Crippen LogP contribution in [0.3, 0.4) is 0 Å². The molecule has 0 unspecified atom stereocenters. The fourth-order valence-corrected chi connectivity index (χ4v) is 1.45. The number of benzene rings is 1. The van der Waals surface area contributed by atoms with Gasteiger partial charge in [-0.15, -0.1) is 0 Å². The average Bonchev–Trinajstić information content (AvgIpc) is 2.15. The van der Waals surface area contributed by atoms with Crippen molar-refractivity contribution in [2.75, 3.05) is 0 Å². The first-order valence-electron chi connectivity index (χ1n) is 4.06. The Morgan fingerprint density at radius 2 is 1.64 bits per heavy atom. The predicted molar refractivity (Wildman–Crippen MR) is 50.0 cm³/mol. The molecule has 0 aliphatic heterocycles. The number of allylic oxidation sites excluding steroid dienone is 2. The van der Waals surface area contributed by atoms with Crippen molar-refractivity contribution in [3.63, 3.8) is 0 Å². The minimum Gasteiger partial charge on any atom is -1.00 e. The maximum atomic E-state index is 11.5. The molecule has 0 amide bonds. The third-order valence-electron chi connectivity index (χ3n) is 2.14. The van der Waals surface area contributed by atoms with E-state index >= 15 is 0 Å². The first-order chi connectivity index (χ1) is 6.20. The molecule has 0 fully saturated rings. The van der Waals surface area contributed by atoms with E-state index < -0.39 is 0 Å². The number of hydrogen-bond donors (Lipinski definition) is 0. The van der Waals surface area contributed by atoms with Crippen molar-refractivity contribution in [2.24, 2.45) is 0 Å². The molecule has 1 aromatic carbocycles. The number of Topliss-reactive ketones (excluding diaryl/α,β-unsaturated/α-hetero) is 1. The van der Waals surface area contributed by atoms with Gasteiger partial charge in [0.15, 0.2) is 11.6 Å². The van der Waals surface area contributed by atoms with Crippen LogP contribution in [0.1, 0.15) is 29.1 Å². The molecule has 0 bridgehead atoms. The van der Waals surface area contributed by atoms with Crippen molar-refractivity contribution in [3.05, 3.63) is 47.0 Å². The van der Waals surface area contributed by atoms with Crippen LogP contribution in [0.4, 0.5) is 0 Å². The van der Waals surface area contributed by atoms with E-state index in [1.807, 2.05) is 0 Å². The van der Waals surface area contributed by atoms with Crippen LogP contribution in [0.25, 0.3) is 0 Å². The van der Waals surface area contributed by atoms with Crippen molar-refractivity contribution in [2.45, 2.75) is 6.92 Å². The molecule has 0 spiro atoms. The monoisotopic (exact) mass is 196 g/mol. The molecule has 0 aromatic heterocycles. The Kier molecular flexibility index (Phi) is 3.43. The van der Waals surface area contributed by atoms with Gasteiger partial charge >= 0.3 is 29.6 Å². The second kappa shape index (κ2) is 4.22. The van der Waals surface area contributed by atoms with E-state index in [0.717, 1.165) is 0 Å². The Morgan fingerprint density at radius 1 is 1.07 bits per heavy atom. The Hall–Kier alpha value is -0.700. The second-order valence-corrected chi connectivity index (χ2v) is 3.07. The molecule has 66 valence electrons. The fraction of sp³-hybridized carbons (Fsp3) is 0.0909. The van der Waals surface area contributed by atoms with Crippen LogP contribution in [0.2, 0.25) is 0 Å². The topological polar surface area (TPSA) is 34.1 Å². The number of carbonyl (C=O) groups is 2. The van der Waals surface area contributed by atoms with Crippen LogP contribution >= 0.6 is 0 Å². The molecule has 0 saturated carbocycles. The summed E-state index contributed by atoms with van der Waals surface area (Å²) < 4.78 is 0. The van der Waals surface area contributed by atoms with Crippen LogP contribution in [0.5, 0.6) is 0 Å². The summed E-state index contributed by atoms with van der Waals surface area (Å²) >= 11 is 0. The smallest absolute Gasteiger partial charge is 1.00 e. The molecular weight excluding hydrogens is 187 g/mol. The molecule has 2 nitrogen and oxygen atoms in total. The van der Waals surface area contributed by atoms with Crippen LogP contribution in [0.15, 0.2) is 35.9 Å². The molecule has 0 heterocycles. The Morgan fingerprint density at radius 3 is 2.29 bits per heavy atom. The molecule has 0 radical (unpaired) electrons. The van der Waals surface area contributed by atoms with Crippen LogP contribution in [0, 0.1) is 0 Å². The van der Waals surface area contributed by atoms with Gasteiger partial charge in [-0.3, -0.25) is 9.59 Å². The van der Waals surface area contributed by atoms with E-state index in [9.17, 15) is 9.59 Å². The molecule has 2 rings (SSSR count). The Balaban J connectivity index is 0.000000980. The van der Waals surface area contributed by atoms with Crippen LogP contribution < -0.4 is 29.6 Å². The van der Waals surface area contributed by atoms with Crippen molar-refractivity contribution < 1.29 is 40.6 Å². The van der Waals surface area contributed by atoms with Gasteiger partial charge in [-0.25, -0.2) is 0 Å². The molecule has 3 heteroatoms. The summed E-state index contributed by atoms with van der Waals surface area (Å²) in [7, 11) is 0. The van der Waals surface area contributed by atoms with Crippen molar-refractivity contribution in [3.8, 4) is 0 Å². The summed E-state index contributed by atoms with van der Waals surface area (Å²) in [6.45, 7) is 1.66. The van der Waals surface area contributed by atoms with Crippen molar-refractivity contribution >= 4 is 11.6 Å². The van der Waals surface area contributed by atoms with Crippen molar-refractivity contribution in [1.82, 2.24) is 0 Å². The summed E-state index contributed by atoms with van der Waals surface area (Å²) in [6.07, 6.45) is 1.39. The predicted octanol–water partition coefficient (Wildman–Crippen LogP) is -0.872. The Labute approximate surface area is 106 Å². The number of ketones is 2. The molecule has 0 N–H and O–H groups in total. The van der Waals surface area contributed by atoms with E-state index in [0.29, 0.717) is 16.7 Å². The quantitative estimate of drug-likeness (QED) is 0.505. The molecule has 0 atom stereocenters. The number of fused-ring (bicyclic) bond motifs is 1. The first kappa shape index (κ1) is 11.4. The zero-order chi connectivity index (χ0) is 9.42. The van der Waals surface area contributed by atoms with Gasteiger partial charge in [0.1, 0.15) is 0 Å². The summed E-state index contributed by atoms with van der Waals surface area (Å²) in [5.74, 6) is -0.122. The first-order valence-corrected chi connectivity index (χ1v) is 4.06. The number of carbonyl (C=O) groups excluding carboxylic acids is 2. The zero-order valence-corrected chi connectivity index (χ0v) is 10.2. The van der Waals surface area contributed by atoms with E-state index in [1.54, 1.807) is 31.2 Å². The largest absolute Gasteiger partial charge is 1.00 e. The van der Waals surface area contributed by atoms with E-state index in [2.05, 4.69) is 0 Å². The summed E-state index contributed by atoms with van der Waals surface area (Å²) in [5.41, 5.74) is 1.55. The van der Waals surface area contributed by atoms with E-state index in [4.69, 9.17) is 0 Å². The van der Waals surface area contributed by atoms with Gasteiger partial charge < -0.3 is 1.43 Å². The second-order valence-electron chi connectivity index (χ2n) is 3.07. The average molecular weight is 196 g/mol. The van der Waals surface area contributed by atoms with Gasteiger partial charge in [0.25, 0.3) is 0 Å². The minimum atomic E-state index is -0.0762. The van der Waals surface area contributed by atoms with Crippen LogP contribution in [-0.2, 0) is 0 Å². The van der Waals surface area contributed by atoms with Gasteiger partial charge in [-0.05, 0) is 13.0 Å². The molecule has 1 aliphatic rings. The molecule has 1 aliphatic carbocycles. The molecule has 14 heavy (non-hydrogen) atoms. The Bertz CT molecular complexity index is 438. The SMILES string of the molecule is CC1=CC(=O)c2ccccc2C1=O.[H-].[Na+]. The van der Waals surface area contributed by atoms with Crippen LogP contribution in [-0.4, -0.2) is 11.6 Å². The van der Waals surface area contributed by atoms with Crippen molar-refractivity contribution in [1.29, 1.82) is 0 Å². The summed E-state index contributed by atoms with van der Waals surface area (Å²) in [5, 5.41) is 0. The molecule has 1 aromatic rings.